The zero-order valence-electron chi connectivity index (χ0n) is 11.6. The highest BCUT2D eigenvalue weighted by Gasteiger charge is 2.22. The van der Waals surface area contributed by atoms with Gasteiger partial charge in [0.1, 0.15) is 0 Å². The number of aliphatic hydroxyl groups excluding tert-OH is 1. The minimum atomic E-state index is -0.922. The molecule has 112 valence electrons. The van der Waals surface area contributed by atoms with Gasteiger partial charge in [0, 0.05) is 17.5 Å². The summed E-state index contributed by atoms with van der Waals surface area (Å²) in [4.78, 5) is 0. The number of nitrogens with two attached hydrogens (primary N) is 1. The van der Waals surface area contributed by atoms with Gasteiger partial charge in [0.2, 0.25) is 0 Å². The van der Waals surface area contributed by atoms with Crippen LogP contribution in [0.2, 0.25) is 5.02 Å². The second-order valence-electron chi connectivity index (χ2n) is 4.74. The summed E-state index contributed by atoms with van der Waals surface area (Å²) in [5, 5.41) is 11.1. The normalized spacial score (nSPS) is 13.8. The maximum atomic E-state index is 13.8. The molecule has 2 atom stereocenters. The lowest BCUT2D eigenvalue weighted by molar-refractivity contribution is 0.147. The van der Waals surface area contributed by atoms with Crippen LogP contribution in [-0.2, 0) is 0 Å². The van der Waals surface area contributed by atoms with Gasteiger partial charge in [-0.3, -0.25) is 0 Å². The quantitative estimate of drug-likeness (QED) is 0.891. The molecule has 3 N–H and O–H groups in total. The van der Waals surface area contributed by atoms with Crippen LogP contribution in [0.1, 0.15) is 23.1 Å². The molecular weight excluding hydrogens is 293 g/mol. The number of hydrogen-bond donors (Lipinski definition) is 2. The van der Waals surface area contributed by atoms with E-state index < -0.39 is 11.9 Å². The van der Waals surface area contributed by atoms with Crippen molar-refractivity contribution in [3.8, 4) is 5.75 Å². The Kier molecular flexibility index (Phi) is 5.17. The zero-order valence-corrected chi connectivity index (χ0v) is 12.3. The van der Waals surface area contributed by atoms with E-state index in [0.29, 0.717) is 10.6 Å². The molecule has 2 rings (SSSR count). The van der Waals surface area contributed by atoms with Crippen molar-refractivity contribution in [2.24, 2.45) is 5.73 Å². The summed E-state index contributed by atoms with van der Waals surface area (Å²) in [6.45, 7) is 0.217. The Balaban J connectivity index is 2.32. The average Bonchev–Trinajstić information content (AvgIpc) is 2.48. The maximum Gasteiger partial charge on any atom is 0.165 e. The molecule has 0 spiro atoms. The van der Waals surface area contributed by atoms with Crippen molar-refractivity contribution in [3.63, 3.8) is 0 Å². The van der Waals surface area contributed by atoms with Gasteiger partial charge in [-0.25, -0.2) is 4.39 Å². The summed E-state index contributed by atoms with van der Waals surface area (Å²) < 4.78 is 18.6. The van der Waals surface area contributed by atoms with Crippen molar-refractivity contribution in [2.45, 2.75) is 12.0 Å². The molecule has 2 aromatic rings. The minimum absolute atomic E-state index is 0.137. The Hall–Kier alpha value is -1.62. The molecule has 0 aliphatic rings. The van der Waals surface area contributed by atoms with Crippen molar-refractivity contribution < 1.29 is 14.2 Å². The van der Waals surface area contributed by atoms with Crippen molar-refractivity contribution in [1.82, 2.24) is 0 Å². The molecular formula is C16H17ClFNO2. The van der Waals surface area contributed by atoms with Gasteiger partial charge >= 0.3 is 0 Å². The molecule has 0 fully saturated rings. The third kappa shape index (κ3) is 3.53. The van der Waals surface area contributed by atoms with Crippen LogP contribution in [-0.4, -0.2) is 18.8 Å². The third-order valence-corrected chi connectivity index (χ3v) is 3.66. The first-order valence-electron chi connectivity index (χ1n) is 6.54. The van der Waals surface area contributed by atoms with E-state index in [9.17, 15) is 9.50 Å². The van der Waals surface area contributed by atoms with Crippen LogP contribution < -0.4 is 10.5 Å². The molecule has 2 unspecified atom stereocenters. The third-order valence-electron chi connectivity index (χ3n) is 3.43. The largest absolute Gasteiger partial charge is 0.494 e. The second-order valence-corrected chi connectivity index (χ2v) is 5.17. The molecule has 0 aliphatic carbocycles. The predicted octanol–water partition coefficient (Wildman–Crippen LogP) is 3.26. The molecule has 0 amide bonds. The van der Waals surface area contributed by atoms with Gasteiger partial charge < -0.3 is 15.6 Å². The van der Waals surface area contributed by atoms with E-state index in [1.807, 2.05) is 6.07 Å². The van der Waals surface area contributed by atoms with Gasteiger partial charge in [-0.1, -0.05) is 29.8 Å². The van der Waals surface area contributed by atoms with E-state index in [1.54, 1.807) is 24.3 Å². The first-order valence-corrected chi connectivity index (χ1v) is 6.91. The van der Waals surface area contributed by atoms with E-state index in [2.05, 4.69) is 0 Å². The molecule has 2 aromatic carbocycles. The zero-order chi connectivity index (χ0) is 15.4. The van der Waals surface area contributed by atoms with E-state index in [4.69, 9.17) is 22.1 Å². The highest BCUT2D eigenvalue weighted by Crippen LogP contribution is 2.33. The molecule has 3 nitrogen and oxygen atoms in total. The first-order chi connectivity index (χ1) is 10.1. The van der Waals surface area contributed by atoms with Crippen LogP contribution in [0.5, 0.6) is 5.75 Å². The van der Waals surface area contributed by atoms with Gasteiger partial charge in [-0.15, -0.1) is 0 Å². The SMILES string of the molecule is COc1ccc(C(O)C(CN)c2cccc(Cl)c2)cc1F. The lowest BCUT2D eigenvalue weighted by Gasteiger charge is -2.22. The molecule has 0 radical (unpaired) electrons. The fourth-order valence-electron chi connectivity index (χ4n) is 2.28. The molecule has 0 saturated heterocycles. The van der Waals surface area contributed by atoms with Gasteiger partial charge in [0.15, 0.2) is 11.6 Å². The van der Waals surface area contributed by atoms with Gasteiger partial charge in [-0.2, -0.15) is 0 Å². The van der Waals surface area contributed by atoms with Gasteiger partial charge in [0.05, 0.1) is 13.2 Å². The Bertz CT molecular complexity index is 621. The Morgan fingerprint density at radius 1 is 1.24 bits per heavy atom. The molecule has 21 heavy (non-hydrogen) atoms. The lowest BCUT2D eigenvalue weighted by atomic mass is 9.89. The minimum Gasteiger partial charge on any atom is -0.494 e. The first kappa shape index (κ1) is 15.8. The Morgan fingerprint density at radius 3 is 2.57 bits per heavy atom. The summed E-state index contributed by atoms with van der Waals surface area (Å²) in [6, 6.07) is 11.5. The summed E-state index contributed by atoms with van der Waals surface area (Å²) in [7, 11) is 1.39. The molecule has 0 heterocycles. The Labute approximate surface area is 128 Å². The smallest absolute Gasteiger partial charge is 0.165 e. The maximum absolute atomic E-state index is 13.8. The summed E-state index contributed by atoms with van der Waals surface area (Å²) in [5.41, 5.74) is 7.03. The fourth-order valence-corrected chi connectivity index (χ4v) is 2.48. The summed E-state index contributed by atoms with van der Waals surface area (Å²) >= 11 is 5.96. The number of halogens is 2. The summed E-state index contributed by atoms with van der Waals surface area (Å²) in [6.07, 6.45) is -0.922. The number of rotatable bonds is 5. The van der Waals surface area contributed by atoms with Gasteiger partial charge in [0.25, 0.3) is 0 Å². The highest BCUT2D eigenvalue weighted by molar-refractivity contribution is 6.30. The van der Waals surface area contributed by atoms with E-state index >= 15 is 0 Å². The van der Waals surface area contributed by atoms with Crippen LogP contribution in [0, 0.1) is 5.82 Å². The van der Waals surface area contributed by atoms with Gasteiger partial charge in [-0.05, 0) is 35.4 Å². The second kappa shape index (κ2) is 6.89. The number of ether oxygens (including phenoxy) is 1. The summed E-state index contributed by atoms with van der Waals surface area (Å²) in [5.74, 6) is -0.745. The van der Waals surface area contributed by atoms with Crippen LogP contribution >= 0.6 is 11.6 Å². The van der Waals surface area contributed by atoms with Crippen molar-refractivity contribution in [3.05, 3.63) is 64.4 Å². The monoisotopic (exact) mass is 309 g/mol. The van der Waals surface area contributed by atoms with Crippen LogP contribution in [0.4, 0.5) is 4.39 Å². The number of methoxy groups -OCH3 is 1. The van der Waals surface area contributed by atoms with Crippen molar-refractivity contribution >= 4 is 11.6 Å². The average molecular weight is 310 g/mol. The number of aliphatic hydroxyl groups is 1. The topological polar surface area (TPSA) is 55.5 Å². The molecule has 5 heteroatoms. The molecule has 0 aromatic heterocycles. The van der Waals surface area contributed by atoms with E-state index in [-0.39, 0.29) is 18.2 Å². The van der Waals surface area contributed by atoms with E-state index in [0.717, 1.165) is 5.56 Å². The molecule has 0 saturated carbocycles. The van der Waals surface area contributed by atoms with Crippen molar-refractivity contribution in [2.75, 3.05) is 13.7 Å². The van der Waals surface area contributed by atoms with Crippen molar-refractivity contribution in [1.29, 1.82) is 0 Å². The number of hydrogen-bond acceptors (Lipinski definition) is 3. The predicted molar refractivity (Wildman–Crippen MR) is 81.2 cm³/mol. The van der Waals surface area contributed by atoms with Crippen LogP contribution in [0.15, 0.2) is 42.5 Å². The fraction of sp³-hybridized carbons (Fsp3) is 0.250. The highest BCUT2D eigenvalue weighted by atomic mass is 35.5. The van der Waals surface area contributed by atoms with Crippen LogP contribution in [0.3, 0.4) is 0 Å². The lowest BCUT2D eigenvalue weighted by Crippen LogP contribution is -2.20. The number of benzene rings is 2. The molecule has 0 aliphatic heterocycles. The standard InChI is InChI=1S/C16H17ClFNO2/c1-21-15-6-5-11(8-14(15)18)16(20)13(9-19)10-3-2-4-12(17)7-10/h2-8,13,16,20H,9,19H2,1H3. The molecule has 0 bridgehead atoms. The Morgan fingerprint density at radius 2 is 2.00 bits per heavy atom. The van der Waals surface area contributed by atoms with Crippen LogP contribution in [0.25, 0.3) is 0 Å². The van der Waals surface area contributed by atoms with E-state index in [1.165, 1.54) is 19.2 Å².